The number of carbonyl (C=O) groups excluding carboxylic acids is 1. The summed E-state index contributed by atoms with van der Waals surface area (Å²) in [5, 5.41) is 3.49. The molecule has 2 amide bonds. The molecule has 4 rings (SSSR count). The number of aryl methyl sites for hydroxylation is 2. The highest BCUT2D eigenvalue weighted by Gasteiger charge is 2.24. The first kappa shape index (κ1) is 21.5. The third-order valence-corrected chi connectivity index (χ3v) is 6.14. The molecular weight excluding hydrogens is 384 g/mol. The topological polar surface area (TPSA) is 88.3 Å². The average molecular weight is 415 g/mol. The summed E-state index contributed by atoms with van der Waals surface area (Å²) in [6, 6.07) is 5.68. The van der Waals surface area contributed by atoms with Crippen LogP contribution in [0.15, 0.2) is 29.4 Å². The van der Waals surface area contributed by atoms with Gasteiger partial charge in [-0.05, 0) is 86.5 Å². The number of pyridine rings is 1. The maximum absolute atomic E-state index is 11.1. The fraction of sp³-hybridized carbons (Fsp3) is 0.455. The Morgan fingerprint density at radius 1 is 1.14 bits per heavy atom. The zero-order valence-electron chi connectivity index (χ0n) is 17.5. The van der Waals surface area contributed by atoms with Crippen molar-refractivity contribution in [2.75, 3.05) is 25.7 Å². The number of urea groups is 1. The zero-order valence-corrected chi connectivity index (χ0v) is 18.3. The van der Waals surface area contributed by atoms with Crippen molar-refractivity contribution in [3.63, 3.8) is 0 Å². The second kappa shape index (κ2) is 9.50. The van der Waals surface area contributed by atoms with Crippen molar-refractivity contribution in [1.82, 2.24) is 9.88 Å². The lowest BCUT2D eigenvalue weighted by Gasteiger charge is -2.14. The number of benzene rings is 1. The number of nitrogens with two attached hydrogens (primary N) is 1. The number of hydrogen-bond donors (Lipinski definition) is 2. The molecule has 1 heterocycles. The standard InChI is InChI=1S/C13H16N2O.C9H14N2OS/c14-13(16)15-12-10-5-1-3-8(10)7-9-4-2-6-11(9)12;1-11(2)7-8-4-5-9(10-6-8)13(3)12/h7H,1-6H2,(H3,14,15,16);4-6H,7H2,1-3H3. The highest BCUT2D eigenvalue weighted by molar-refractivity contribution is 7.84. The van der Waals surface area contributed by atoms with Crippen LogP contribution in [-0.2, 0) is 43.0 Å². The minimum Gasteiger partial charge on any atom is -0.351 e. The predicted molar refractivity (Wildman–Crippen MR) is 118 cm³/mol. The minimum absolute atomic E-state index is 0.436. The van der Waals surface area contributed by atoms with Gasteiger partial charge in [0.1, 0.15) is 5.03 Å². The van der Waals surface area contributed by atoms with Gasteiger partial charge in [0.2, 0.25) is 0 Å². The maximum Gasteiger partial charge on any atom is 0.316 e. The average Bonchev–Trinajstić information content (AvgIpc) is 3.31. The Morgan fingerprint density at radius 3 is 2.21 bits per heavy atom. The van der Waals surface area contributed by atoms with Crippen molar-refractivity contribution in [3.05, 3.63) is 52.2 Å². The van der Waals surface area contributed by atoms with E-state index in [1.165, 1.54) is 35.1 Å². The molecule has 2 aliphatic carbocycles. The summed E-state index contributed by atoms with van der Waals surface area (Å²) in [5.41, 5.74) is 12.9. The Balaban J connectivity index is 0.000000170. The summed E-state index contributed by atoms with van der Waals surface area (Å²) in [6.45, 7) is 0.865. The van der Waals surface area contributed by atoms with Crippen molar-refractivity contribution in [2.24, 2.45) is 5.73 Å². The van der Waals surface area contributed by atoms with E-state index in [1.54, 1.807) is 12.5 Å². The van der Waals surface area contributed by atoms with E-state index < -0.39 is 16.8 Å². The molecule has 0 spiro atoms. The fourth-order valence-electron chi connectivity index (χ4n) is 4.13. The number of carbonyl (C=O) groups is 1. The lowest BCUT2D eigenvalue weighted by Crippen LogP contribution is -2.21. The molecule has 29 heavy (non-hydrogen) atoms. The van der Waals surface area contributed by atoms with E-state index in [2.05, 4.69) is 21.3 Å². The summed E-state index contributed by atoms with van der Waals surface area (Å²) in [5.74, 6) is 0. The molecular formula is C22H30N4O2S. The van der Waals surface area contributed by atoms with Gasteiger partial charge in [-0.15, -0.1) is 0 Å². The first-order valence-corrected chi connectivity index (χ1v) is 11.6. The molecule has 7 heteroatoms. The number of amides is 2. The van der Waals surface area contributed by atoms with Gasteiger partial charge in [-0.2, -0.15) is 0 Å². The fourth-order valence-corrected chi connectivity index (χ4v) is 4.59. The van der Waals surface area contributed by atoms with Crippen LogP contribution in [0.2, 0.25) is 0 Å². The second-order valence-corrected chi connectivity index (χ2v) is 9.25. The first-order valence-electron chi connectivity index (χ1n) is 10.0. The Bertz CT molecular complexity index is 878. The molecule has 0 aliphatic heterocycles. The first-order chi connectivity index (χ1) is 13.8. The Kier molecular flexibility index (Phi) is 7.03. The molecule has 1 atom stereocenters. The van der Waals surface area contributed by atoms with E-state index in [0.29, 0.717) is 5.03 Å². The maximum atomic E-state index is 11.1. The van der Waals surface area contributed by atoms with Crippen molar-refractivity contribution >= 4 is 22.5 Å². The largest absolute Gasteiger partial charge is 0.351 e. The number of hydrogen-bond acceptors (Lipinski definition) is 4. The van der Waals surface area contributed by atoms with Gasteiger partial charge in [0.05, 0.1) is 10.8 Å². The van der Waals surface area contributed by atoms with Crippen LogP contribution in [0.5, 0.6) is 0 Å². The molecule has 0 bridgehead atoms. The van der Waals surface area contributed by atoms with Crippen LogP contribution in [0.4, 0.5) is 10.5 Å². The SMILES string of the molecule is CN(C)Cc1ccc(S(C)=O)nc1.NC(=O)Nc1c2c(cc3c1CCC3)CCC2. The smallest absolute Gasteiger partial charge is 0.316 e. The molecule has 1 aromatic heterocycles. The summed E-state index contributed by atoms with van der Waals surface area (Å²) in [4.78, 5) is 17.3. The van der Waals surface area contributed by atoms with Gasteiger partial charge in [-0.1, -0.05) is 12.1 Å². The molecule has 6 nitrogen and oxygen atoms in total. The number of fused-ring (bicyclic) bond motifs is 2. The third-order valence-electron chi connectivity index (χ3n) is 5.31. The number of nitrogens with one attached hydrogen (secondary N) is 1. The molecule has 1 unspecified atom stereocenters. The van der Waals surface area contributed by atoms with Gasteiger partial charge in [-0.25, -0.2) is 9.78 Å². The molecule has 0 radical (unpaired) electrons. The lowest BCUT2D eigenvalue weighted by atomic mass is 9.99. The van der Waals surface area contributed by atoms with Crippen LogP contribution < -0.4 is 11.1 Å². The highest BCUT2D eigenvalue weighted by atomic mass is 32.2. The number of anilines is 1. The number of aromatic nitrogens is 1. The molecule has 2 aliphatic rings. The molecule has 0 saturated carbocycles. The van der Waals surface area contributed by atoms with Crippen molar-refractivity contribution in [2.45, 2.75) is 50.1 Å². The zero-order chi connectivity index (χ0) is 21.0. The van der Waals surface area contributed by atoms with Crippen LogP contribution >= 0.6 is 0 Å². The molecule has 0 fully saturated rings. The van der Waals surface area contributed by atoms with Gasteiger partial charge in [0, 0.05) is 24.7 Å². The van der Waals surface area contributed by atoms with Crippen LogP contribution in [0.3, 0.4) is 0 Å². The summed E-state index contributed by atoms with van der Waals surface area (Å²) < 4.78 is 11.0. The summed E-state index contributed by atoms with van der Waals surface area (Å²) in [6.07, 6.45) is 10.3. The predicted octanol–water partition coefficient (Wildman–Crippen LogP) is 3.04. The van der Waals surface area contributed by atoms with E-state index in [0.717, 1.165) is 43.5 Å². The molecule has 3 N–H and O–H groups in total. The van der Waals surface area contributed by atoms with E-state index in [-0.39, 0.29) is 0 Å². The minimum atomic E-state index is -0.975. The molecule has 156 valence electrons. The molecule has 2 aromatic rings. The third kappa shape index (κ3) is 5.42. The second-order valence-electron chi connectivity index (χ2n) is 7.92. The lowest BCUT2D eigenvalue weighted by molar-refractivity contribution is 0.259. The Labute approximate surface area is 175 Å². The van der Waals surface area contributed by atoms with Gasteiger partial charge in [-0.3, -0.25) is 4.21 Å². The summed E-state index contributed by atoms with van der Waals surface area (Å²) in [7, 11) is 3.04. The highest BCUT2D eigenvalue weighted by Crippen LogP contribution is 2.38. The van der Waals surface area contributed by atoms with Crippen LogP contribution in [0.25, 0.3) is 0 Å². The van der Waals surface area contributed by atoms with E-state index in [9.17, 15) is 9.00 Å². The van der Waals surface area contributed by atoms with Crippen molar-refractivity contribution in [3.8, 4) is 0 Å². The normalized spacial score (nSPS) is 15.3. The molecule has 1 aromatic carbocycles. The van der Waals surface area contributed by atoms with Gasteiger partial charge < -0.3 is 16.0 Å². The van der Waals surface area contributed by atoms with Gasteiger partial charge in [0.15, 0.2) is 0 Å². The van der Waals surface area contributed by atoms with Gasteiger partial charge in [0.25, 0.3) is 0 Å². The van der Waals surface area contributed by atoms with Crippen LogP contribution in [-0.4, -0.2) is 40.5 Å². The van der Waals surface area contributed by atoms with Crippen LogP contribution in [0.1, 0.15) is 40.7 Å². The number of primary amides is 1. The Morgan fingerprint density at radius 2 is 1.76 bits per heavy atom. The quantitative estimate of drug-likeness (QED) is 0.805. The number of nitrogens with zero attached hydrogens (tertiary/aromatic N) is 2. The Hall–Kier alpha value is -2.25. The summed E-state index contributed by atoms with van der Waals surface area (Å²) >= 11 is 0. The van der Waals surface area contributed by atoms with E-state index in [1.807, 2.05) is 26.2 Å². The van der Waals surface area contributed by atoms with Crippen molar-refractivity contribution < 1.29 is 9.00 Å². The monoisotopic (exact) mass is 414 g/mol. The van der Waals surface area contributed by atoms with Crippen LogP contribution in [0, 0.1) is 0 Å². The van der Waals surface area contributed by atoms with E-state index >= 15 is 0 Å². The van der Waals surface area contributed by atoms with E-state index in [4.69, 9.17) is 5.73 Å². The number of rotatable bonds is 4. The van der Waals surface area contributed by atoms with Crippen molar-refractivity contribution in [1.29, 1.82) is 0 Å². The molecule has 0 saturated heterocycles. The van der Waals surface area contributed by atoms with Gasteiger partial charge >= 0.3 is 6.03 Å².